The molecule has 1 aromatic carbocycles. The number of benzene rings is 1. The third-order valence-corrected chi connectivity index (χ3v) is 2.85. The number of hydrogen-bond donors (Lipinski definition) is 0. The molecule has 1 heterocycles. The average Bonchev–Trinajstić information content (AvgIpc) is 2.47. The van der Waals surface area contributed by atoms with Crippen LogP contribution in [0.2, 0.25) is 0 Å². The van der Waals surface area contributed by atoms with Crippen molar-refractivity contribution in [1.29, 1.82) is 0 Å². The molecule has 0 aliphatic rings. The number of halogens is 1. The minimum atomic E-state index is -0.838. The summed E-state index contributed by atoms with van der Waals surface area (Å²) < 4.78 is 19.5. The van der Waals surface area contributed by atoms with Crippen molar-refractivity contribution < 1.29 is 13.9 Å². The van der Waals surface area contributed by atoms with Crippen LogP contribution in [0.4, 0.5) is 4.39 Å². The lowest BCUT2D eigenvalue weighted by Gasteiger charge is -2.10. The summed E-state index contributed by atoms with van der Waals surface area (Å²) >= 11 is 0. The van der Waals surface area contributed by atoms with Gasteiger partial charge in [-0.25, -0.2) is 13.9 Å². The highest BCUT2D eigenvalue weighted by atomic mass is 19.1. The van der Waals surface area contributed by atoms with Crippen LogP contribution in [0.5, 0.6) is 0 Å². The number of aromatic nitrogens is 2. The number of esters is 1. The highest BCUT2D eigenvalue weighted by Crippen LogP contribution is 2.12. The average molecular weight is 276 g/mol. The van der Waals surface area contributed by atoms with E-state index in [2.05, 4.69) is 9.84 Å². The van der Waals surface area contributed by atoms with Crippen LogP contribution in [0, 0.1) is 5.82 Å². The van der Waals surface area contributed by atoms with E-state index in [9.17, 15) is 14.0 Å². The van der Waals surface area contributed by atoms with Gasteiger partial charge in [-0.1, -0.05) is 19.1 Å². The Balaban J connectivity index is 2.70. The van der Waals surface area contributed by atoms with Gasteiger partial charge in [0.1, 0.15) is 11.5 Å². The minimum Gasteiger partial charge on any atom is -0.464 e. The first-order valence-corrected chi connectivity index (χ1v) is 6.04. The van der Waals surface area contributed by atoms with Crippen LogP contribution in [0.1, 0.15) is 23.0 Å². The van der Waals surface area contributed by atoms with E-state index >= 15 is 0 Å². The molecule has 0 atom stereocenters. The van der Waals surface area contributed by atoms with Gasteiger partial charge in [0.2, 0.25) is 11.1 Å². The summed E-state index contributed by atoms with van der Waals surface area (Å²) in [5, 5.41) is 3.87. The van der Waals surface area contributed by atoms with Crippen molar-refractivity contribution in [2.75, 3.05) is 7.11 Å². The Hall–Kier alpha value is -2.50. The zero-order chi connectivity index (χ0) is 14.7. The third kappa shape index (κ3) is 2.45. The van der Waals surface area contributed by atoms with Crippen molar-refractivity contribution >= 4 is 5.97 Å². The fraction of sp³-hybridized carbons (Fsp3) is 0.214. The van der Waals surface area contributed by atoms with Crippen LogP contribution >= 0.6 is 0 Å². The normalized spacial score (nSPS) is 10.3. The Kier molecular flexibility index (Phi) is 3.93. The van der Waals surface area contributed by atoms with E-state index in [0.717, 1.165) is 7.11 Å². The maximum Gasteiger partial charge on any atom is 0.362 e. The molecule has 0 saturated carbocycles. The zero-order valence-electron chi connectivity index (χ0n) is 11.1. The number of nitrogens with zero attached hydrogens (tertiary/aromatic N) is 2. The van der Waals surface area contributed by atoms with E-state index in [-0.39, 0.29) is 11.4 Å². The van der Waals surface area contributed by atoms with Gasteiger partial charge in [-0.05, 0) is 18.6 Å². The van der Waals surface area contributed by atoms with Gasteiger partial charge in [0.25, 0.3) is 0 Å². The van der Waals surface area contributed by atoms with Gasteiger partial charge in [-0.15, -0.1) is 0 Å². The summed E-state index contributed by atoms with van der Waals surface area (Å²) in [5.74, 6) is -1.34. The largest absolute Gasteiger partial charge is 0.464 e. The number of carbonyl (C=O) groups is 1. The fourth-order valence-corrected chi connectivity index (χ4v) is 1.78. The summed E-state index contributed by atoms with van der Waals surface area (Å²) in [5.41, 5.74) is -0.321. The van der Waals surface area contributed by atoms with Crippen molar-refractivity contribution in [3.8, 4) is 5.69 Å². The van der Waals surface area contributed by atoms with Crippen LogP contribution in [0.3, 0.4) is 0 Å². The predicted molar refractivity (Wildman–Crippen MR) is 70.5 cm³/mol. The molecule has 0 spiro atoms. The Morgan fingerprint density at radius 2 is 2.10 bits per heavy atom. The van der Waals surface area contributed by atoms with Gasteiger partial charge in [0.15, 0.2) is 0 Å². The molecular formula is C14H13FN2O3. The van der Waals surface area contributed by atoms with Gasteiger partial charge >= 0.3 is 5.97 Å². The van der Waals surface area contributed by atoms with E-state index in [1.54, 1.807) is 19.1 Å². The number of aryl methyl sites for hydroxylation is 1. The molecular weight excluding hydrogens is 263 g/mol. The van der Waals surface area contributed by atoms with Crippen molar-refractivity contribution in [2.24, 2.45) is 0 Å². The van der Waals surface area contributed by atoms with Gasteiger partial charge in [-0.2, -0.15) is 5.10 Å². The second-order valence-electron chi connectivity index (χ2n) is 4.07. The molecule has 0 bridgehead atoms. The SMILES string of the molecule is CCc1cn(-c2ccccc2F)nc(C(=O)OC)c1=O. The lowest BCUT2D eigenvalue weighted by molar-refractivity contribution is 0.0590. The van der Waals surface area contributed by atoms with Crippen LogP contribution < -0.4 is 5.43 Å². The minimum absolute atomic E-state index is 0.160. The van der Waals surface area contributed by atoms with Crippen molar-refractivity contribution in [3.63, 3.8) is 0 Å². The van der Waals surface area contributed by atoms with Crippen LogP contribution in [-0.2, 0) is 11.2 Å². The summed E-state index contributed by atoms with van der Waals surface area (Å²) in [6.07, 6.45) is 1.83. The van der Waals surface area contributed by atoms with E-state index < -0.39 is 17.2 Å². The maximum absolute atomic E-state index is 13.8. The highest BCUT2D eigenvalue weighted by molar-refractivity contribution is 5.87. The van der Waals surface area contributed by atoms with Crippen molar-refractivity contribution in [2.45, 2.75) is 13.3 Å². The second kappa shape index (κ2) is 5.64. The standard InChI is InChI=1S/C14H13FN2O3/c1-3-9-8-17(11-7-5-4-6-10(11)15)16-12(13(9)18)14(19)20-2/h4-8H,3H2,1-2H3. The molecule has 0 aliphatic heterocycles. The van der Waals surface area contributed by atoms with Crippen molar-refractivity contribution in [1.82, 2.24) is 9.78 Å². The molecule has 0 unspecified atom stereocenters. The van der Waals surface area contributed by atoms with Crippen molar-refractivity contribution in [3.05, 3.63) is 57.8 Å². The molecule has 0 amide bonds. The second-order valence-corrected chi connectivity index (χ2v) is 4.07. The first kappa shape index (κ1) is 13.9. The maximum atomic E-state index is 13.8. The number of carbonyl (C=O) groups excluding carboxylic acids is 1. The third-order valence-electron chi connectivity index (χ3n) is 2.85. The molecule has 1 aromatic heterocycles. The Labute approximate surface area is 114 Å². The topological polar surface area (TPSA) is 61.2 Å². The quantitative estimate of drug-likeness (QED) is 0.801. The molecule has 5 nitrogen and oxygen atoms in total. The lowest BCUT2D eigenvalue weighted by Crippen LogP contribution is -2.25. The monoisotopic (exact) mass is 276 g/mol. The fourth-order valence-electron chi connectivity index (χ4n) is 1.78. The first-order valence-electron chi connectivity index (χ1n) is 6.04. The molecule has 0 saturated heterocycles. The van der Waals surface area contributed by atoms with Crippen LogP contribution in [-0.4, -0.2) is 22.9 Å². The van der Waals surface area contributed by atoms with Gasteiger partial charge < -0.3 is 4.74 Å². The molecule has 2 rings (SSSR count). The number of rotatable bonds is 3. The van der Waals surface area contributed by atoms with E-state index in [4.69, 9.17) is 0 Å². The number of methoxy groups -OCH3 is 1. The zero-order valence-corrected chi connectivity index (χ0v) is 11.1. The molecule has 0 N–H and O–H groups in total. The molecule has 2 aromatic rings. The Morgan fingerprint density at radius 1 is 1.40 bits per heavy atom. The number of para-hydroxylation sites is 1. The van der Waals surface area contributed by atoms with E-state index in [1.807, 2.05) is 0 Å². The summed E-state index contributed by atoms with van der Waals surface area (Å²) in [6.45, 7) is 1.77. The lowest BCUT2D eigenvalue weighted by atomic mass is 10.2. The number of ether oxygens (including phenoxy) is 1. The van der Waals surface area contributed by atoms with Gasteiger partial charge in [0.05, 0.1) is 7.11 Å². The van der Waals surface area contributed by atoms with Crippen LogP contribution in [0.25, 0.3) is 5.69 Å². The smallest absolute Gasteiger partial charge is 0.362 e. The molecule has 0 radical (unpaired) electrons. The first-order chi connectivity index (χ1) is 9.58. The van der Waals surface area contributed by atoms with Crippen LogP contribution in [0.15, 0.2) is 35.3 Å². The van der Waals surface area contributed by atoms with E-state index in [1.165, 1.54) is 23.0 Å². The Bertz CT molecular complexity index is 710. The number of hydrogen-bond acceptors (Lipinski definition) is 4. The van der Waals surface area contributed by atoms with Gasteiger partial charge in [-0.3, -0.25) is 4.79 Å². The molecule has 6 heteroatoms. The molecule has 104 valence electrons. The summed E-state index contributed by atoms with van der Waals surface area (Å²) in [6, 6.07) is 5.97. The predicted octanol–water partition coefficient (Wildman–Crippen LogP) is 1.72. The summed E-state index contributed by atoms with van der Waals surface area (Å²) in [4.78, 5) is 23.6. The summed E-state index contributed by atoms with van der Waals surface area (Å²) in [7, 11) is 1.16. The molecule has 20 heavy (non-hydrogen) atoms. The van der Waals surface area contributed by atoms with Gasteiger partial charge in [0, 0.05) is 11.8 Å². The molecule has 0 aliphatic carbocycles. The highest BCUT2D eigenvalue weighted by Gasteiger charge is 2.18. The molecule has 0 fully saturated rings. The Morgan fingerprint density at radius 3 is 2.70 bits per heavy atom. The van der Waals surface area contributed by atoms with E-state index in [0.29, 0.717) is 12.0 Å².